The van der Waals surface area contributed by atoms with Gasteiger partial charge in [-0.25, -0.2) is 0 Å². The van der Waals surface area contributed by atoms with Gasteiger partial charge in [-0.1, -0.05) is 49.9 Å². The standard InChI is InChI=1S/C15H17Cl2N/c1-3-4-5-10(2)14-9-13(17)12-7-6-11(16)8-15(12)18-14/h6-10H,3-5H2,1-2H3. The van der Waals surface area contributed by atoms with Gasteiger partial charge in [0.2, 0.25) is 0 Å². The summed E-state index contributed by atoms with van der Waals surface area (Å²) in [5.74, 6) is 0.436. The van der Waals surface area contributed by atoms with E-state index in [1.165, 1.54) is 12.8 Å². The van der Waals surface area contributed by atoms with Crippen molar-refractivity contribution in [1.82, 2.24) is 4.98 Å². The summed E-state index contributed by atoms with van der Waals surface area (Å²) in [6.07, 6.45) is 3.57. The number of halogens is 2. The van der Waals surface area contributed by atoms with Crippen LogP contribution in [0, 0.1) is 0 Å². The zero-order valence-electron chi connectivity index (χ0n) is 10.7. The molecule has 0 radical (unpaired) electrons. The average Bonchev–Trinajstić information content (AvgIpc) is 2.35. The molecular weight excluding hydrogens is 265 g/mol. The fraction of sp³-hybridized carbons (Fsp3) is 0.400. The van der Waals surface area contributed by atoms with Crippen LogP contribution in [0.4, 0.5) is 0 Å². The summed E-state index contributed by atoms with van der Waals surface area (Å²) in [5, 5.41) is 2.42. The third-order valence-electron chi connectivity index (χ3n) is 3.24. The second-order valence-corrected chi connectivity index (χ2v) is 5.58. The van der Waals surface area contributed by atoms with E-state index >= 15 is 0 Å². The molecular formula is C15H17Cl2N. The second-order valence-electron chi connectivity index (χ2n) is 4.73. The minimum absolute atomic E-state index is 0.436. The van der Waals surface area contributed by atoms with Gasteiger partial charge in [0.1, 0.15) is 0 Å². The van der Waals surface area contributed by atoms with E-state index in [0.29, 0.717) is 10.9 Å². The van der Waals surface area contributed by atoms with Crippen LogP contribution in [0.25, 0.3) is 10.9 Å². The molecule has 2 rings (SSSR count). The molecule has 0 saturated heterocycles. The highest BCUT2D eigenvalue weighted by Gasteiger charge is 2.10. The van der Waals surface area contributed by atoms with Crippen molar-refractivity contribution in [1.29, 1.82) is 0 Å². The van der Waals surface area contributed by atoms with Gasteiger partial charge in [0.15, 0.2) is 0 Å². The van der Waals surface area contributed by atoms with Crippen molar-refractivity contribution in [2.75, 3.05) is 0 Å². The first-order valence-electron chi connectivity index (χ1n) is 6.37. The van der Waals surface area contributed by atoms with Crippen LogP contribution in [0.3, 0.4) is 0 Å². The van der Waals surface area contributed by atoms with Crippen LogP contribution >= 0.6 is 23.2 Å². The Morgan fingerprint density at radius 2 is 2.00 bits per heavy atom. The van der Waals surface area contributed by atoms with Gasteiger partial charge < -0.3 is 0 Å². The van der Waals surface area contributed by atoms with Crippen molar-refractivity contribution in [2.24, 2.45) is 0 Å². The van der Waals surface area contributed by atoms with E-state index in [-0.39, 0.29) is 0 Å². The summed E-state index contributed by atoms with van der Waals surface area (Å²) in [6.45, 7) is 4.40. The normalized spacial score (nSPS) is 12.9. The van der Waals surface area contributed by atoms with Crippen LogP contribution in [-0.2, 0) is 0 Å². The van der Waals surface area contributed by atoms with Crippen LogP contribution in [0.15, 0.2) is 24.3 Å². The minimum Gasteiger partial charge on any atom is -0.252 e. The molecule has 0 amide bonds. The molecule has 0 fully saturated rings. The highest BCUT2D eigenvalue weighted by atomic mass is 35.5. The Bertz CT molecular complexity index is 551. The van der Waals surface area contributed by atoms with Crippen molar-refractivity contribution >= 4 is 34.1 Å². The summed E-state index contributed by atoms with van der Waals surface area (Å²) in [7, 11) is 0. The molecule has 0 aliphatic carbocycles. The van der Waals surface area contributed by atoms with Gasteiger partial charge in [0.25, 0.3) is 0 Å². The molecule has 0 bridgehead atoms. The molecule has 0 spiro atoms. The molecule has 3 heteroatoms. The molecule has 96 valence electrons. The van der Waals surface area contributed by atoms with Gasteiger partial charge in [-0.05, 0) is 36.6 Å². The first-order valence-corrected chi connectivity index (χ1v) is 7.13. The minimum atomic E-state index is 0.436. The first-order chi connectivity index (χ1) is 8.61. The molecule has 18 heavy (non-hydrogen) atoms. The van der Waals surface area contributed by atoms with E-state index in [1.54, 1.807) is 0 Å². The third-order valence-corrected chi connectivity index (χ3v) is 3.78. The SMILES string of the molecule is CCCCC(C)c1cc(Cl)c2ccc(Cl)cc2n1. The summed E-state index contributed by atoms with van der Waals surface area (Å²) >= 11 is 12.3. The van der Waals surface area contributed by atoms with E-state index in [9.17, 15) is 0 Å². The van der Waals surface area contributed by atoms with E-state index in [2.05, 4.69) is 18.8 Å². The van der Waals surface area contributed by atoms with E-state index < -0.39 is 0 Å². The molecule has 2 aromatic rings. The van der Waals surface area contributed by atoms with E-state index in [0.717, 1.165) is 28.0 Å². The molecule has 1 aromatic carbocycles. The van der Waals surface area contributed by atoms with Crippen LogP contribution in [-0.4, -0.2) is 4.98 Å². The highest BCUT2D eigenvalue weighted by molar-refractivity contribution is 6.36. The molecule has 1 unspecified atom stereocenters. The fourth-order valence-corrected chi connectivity index (χ4v) is 2.53. The maximum absolute atomic E-state index is 6.31. The van der Waals surface area contributed by atoms with E-state index in [1.807, 2.05) is 24.3 Å². The average molecular weight is 282 g/mol. The molecule has 1 heterocycles. The van der Waals surface area contributed by atoms with Gasteiger partial charge in [0, 0.05) is 16.1 Å². The van der Waals surface area contributed by atoms with Crippen LogP contribution in [0.5, 0.6) is 0 Å². The Balaban J connectivity index is 2.41. The molecule has 1 atom stereocenters. The van der Waals surface area contributed by atoms with Crippen molar-refractivity contribution in [3.63, 3.8) is 0 Å². The summed E-state index contributed by atoms with van der Waals surface area (Å²) < 4.78 is 0. The van der Waals surface area contributed by atoms with Gasteiger partial charge in [0.05, 0.1) is 10.5 Å². The lowest BCUT2D eigenvalue weighted by Crippen LogP contribution is -1.98. The monoisotopic (exact) mass is 281 g/mol. The van der Waals surface area contributed by atoms with Gasteiger partial charge in [-0.15, -0.1) is 0 Å². The van der Waals surface area contributed by atoms with Crippen molar-refractivity contribution in [3.05, 3.63) is 40.0 Å². The summed E-state index contributed by atoms with van der Waals surface area (Å²) in [4.78, 5) is 4.68. The van der Waals surface area contributed by atoms with Crippen molar-refractivity contribution < 1.29 is 0 Å². The molecule has 0 aliphatic heterocycles. The summed E-state index contributed by atoms with van der Waals surface area (Å²) in [6, 6.07) is 7.63. The number of hydrogen-bond acceptors (Lipinski definition) is 1. The molecule has 1 aromatic heterocycles. The summed E-state index contributed by atoms with van der Waals surface area (Å²) in [5.41, 5.74) is 1.94. The number of fused-ring (bicyclic) bond motifs is 1. The molecule has 0 aliphatic rings. The molecule has 0 N–H and O–H groups in total. The maximum Gasteiger partial charge on any atom is 0.0735 e. The highest BCUT2D eigenvalue weighted by Crippen LogP contribution is 2.29. The number of unbranched alkanes of at least 4 members (excludes halogenated alkanes) is 1. The smallest absolute Gasteiger partial charge is 0.0735 e. The van der Waals surface area contributed by atoms with Crippen LogP contribution in [0.1, 0.15) is 44.7 Å². The van der Waals surface area contributed by atoms with Crippen molar-refractivity contribution in [3.8, 4) is 0 Å². The van der Waals surface area contributed by atoms with E-state index in [4.69, 9.17) is 23.2 Å². The van der Waals surface area contributed by atoms with Crippen LogP contribution < -0.4 is 0 Å². The topological polar surface area (TPSA) is 12.9 Å². The van der Waals surface area contributed by atoms with Gasteiger partial charge in [-0.2, -0.15) is 0 Å². The zero-order valence-corrected chi connectivity index (χ0v) is 12.2. The Morgan fingerprint density at radius 3 is 2.72 bits per heavy atom. The largest absolute Gasteiger partial charge is 0.252 e. The number of benzene rings is 1. The lowest BCUT2D eigenvalue weighted by Gasteiger charge is -2.12. The predicted molar refractivity (Wildman–Crippen MR) is 79.7 cm³/mol. The Kier molecular flexibility index (Phi) is 4.47. The lowest BCUT2D eigenvalue weighted by molar-refractivity contribution is 0.613. The number of pyridine rings is 1. The first kappa shape index (κ1) is 13.6. The fourth-order valence-electron chi connectivity index (χ4n) is 2.09. The van der Waals surface area contributed by atoms with Gasteiger partial charge in [-0.3, -0.25) is 4.98 Å². The Hall–Kier alpha value is -0.790. The second kappa shape index (κ2) is 5.90. The number of rotatable bonds is 4. The Labute approximate surface area is 118 Å². The molecule has 1 nitrogen and oxygen atoms in total. The van der Waals surface area contributed by atoms with Crippen molar-refractivity contribution in [2.45, 2.75) is 39.0 Å². The number of nitrogens with zero attached hydrogens (tertiary/aromatic N) is 1. The maximum atomic E-state index is 6.31. The predicted octanol–water partition coefficient (Wildman–Crippen LogP) is 5.84. The quantitative estimate of drug-likeness (QED) is 0.687. The number of aromatic nitrogens is 1. The van der Waals surface area contributed by atoms with Crippen LogP contribution in [0.2, 0.25) is 10.0 Å². The Morgan fingerprint density at radius 1 is 1.22 bits per heavy atom. The third kappa shape index (κ3) is 2.96. The number of hydrogen-bond donors (Lipinski definition) is 0. The molecule has 0 saturated carbocycles. The lowest BCUT2D eigenvalue weighted by atomic mass is 9.99. The zero-order chi connectivity index (χ0) is 13.1. The van der Waals surface area contributed by atoms with Gasteiger partial charge >= 0.3 is 0 Å².